The Hall–Kier alpha value is -4.49. The molecular weight excluding hydrogens is 682 g/mol. The summed E-state index contributed by atoms with van der Waals surface area (Å²) in [6, 6.07) is 10.8. The summed E-state index contributed by atoms with van der Waals surface area (Å²) in [6.07, 6.45) is 2.45. The Balaban J connectivity index is 1.47. The molecule has 268 valence electrons. The molecule has 4 amide bonds. The van der Waals surface area contributed by atoms with Crippen LogP contribution < -0.4 is 30.7 Å². The number of carbonyl (C=O) groups excluding carboxylic acids is 5. The number of benzene rings is 2. The van der Waals surface area contributed by atoms with Crippen LogP contribution in [-0.4, -0.2) is 72.8 Å². The maximum atomic E-state index is 13.9. The number of nitrogens with zero attached hydrogens (tertiary/aromatic N) is 1. The van der Waals surface area contributed by atoms with Crippen molar-refractivity contribution in [2.45, 2.75) is 65.1 Å². The molecule has 1 saturated heterocycles. The standard InChI is InChI=1S/C36H44ClN5O7S/c1-20(2)16-28(41-35(47)31(21(3)4)42-30(43)19-49-26-12-10-25(48-5)11-13-26)34(46)40-27(17-23-14-15-38-33(23)45)32(44)36-39-18-29(50-36)22-6-8-24(37)9-7-22/h6-13,18,20-21,23,27-28,31H,14-17,19H2,1-5H3,(H,38,45)(H,40,46)(H,41,47)(H,42,43)/t23-,27-,28-,31-/m0/s1. The van der Waals surface area contributed by atoms with Gasteiger partial charge >= 0.3 is 0 Å². The van der Waals surface area contributed by atoms with Crippen LogP contribution in [0, 0.1) is 17.8 Å². The molecule has 2 aromatic carbocycles. The fraction of sp³-hybridized carbons (Fsp3) is 0.444. The molecule has 1 aromatic heterocycles. The van der Waals surface area contributed by atoms with E-state index in [2.05, 4.69) is 26.3 Å². The summed E-state index contributed by atoms with van der Waals surface area (Å²) in [5, 5.41) is 11.9. The van der Waals surface area contributed by atoms with Crippen LogP contribution in [0.25, 0.3) is 10.4 Å². The van der Waals surface area contributed by atoms with Crippen LogP contribution in [0.5, 0.6) is 11.5 Å². The van der Waals surface area contributed by atoms with Crippen LogP contribution in [0.1, 0.15) is 56.8 Å². The minimum Gasteiger partial charge on any atom is -0.497 e. The largest absolute Gasteiger partial charge is 0.497 e. The van der Waals surface area contributed by atoms with E-state index in [1.165, 1.54) is 11.3 Å². The summed E-state index contributed by atoms with van der Waals surface area (Å²) in [6.45, 7) is 7.53. The average molecular weight is 726 g/mol. The maximum absolute atomic E-state index is 13.9. The molecule has 14 heteroatoms. The van der Waals surface area contributed by atoms with E-state index in [-0.39, 0.29) is 42.2 Å². The van der Waals surface area contributed by atoms with E-state index >= 15 is 0 Å². The van der Waals surface area contributed by atoms with Crippen molar-refractivity contribution in [2.75, 3.05) is 20.3 Å². The zero-order chi connectivity index (χ0) is 36.4. The summed E-state index contributed by atoms with van der Waals surface area (Å²) < 4.78 is 10.7. The Morgan fingerprint density at radius 1 is 0.940 bits per heavy atom. The van der Waals surface area contributed by atoms with Crippen molar-refractivity contribution in [3.63, 3.8) is 0 Å². The van der Waals surface area contributed by atoms with Gasteiger partial charge in [-0.3, -0.25) is 24.0 Å². The van der Waals surface area contributed by atoms with Crippen molar-refractivity contribution in [1.82, 2.24) is 26.3 Å². The zero-order valence-corrected chi connectivity index (χ0v) is 30.4. The quantitative estimate of drug-likeness (QED) is 0.149. The van der Waals surface area contributed by atoms with Crippen LogP contribution in [-0.2, 0) is 19.2 Å². The number of rotatable bonds is 17. The molecule has 4 atom stereocenters. The zero-order valence-electron chi connectivity index (χ0n) is 28.8. The molecular formula is C36H44ClN5O7S. The summed E-state index contributed by atoms with van der Waals surface area (Å²) in [5.41, 5.74) is 0.834. The second-order valence-electron chi connectivity index (χ2n) is 12.9. The molecule has 4 N–H and O–H groups in total. The molecule has 0 aliphatic carbocycles. The molecule has 3 aromatic rings. The Morgan fingerprint density at radius 3 is 2.20 bits per heavy atom. The monoisotopic (exact) mass is 725 g/mol. The Labute approximate surface area is 301 Å². The third-order valence-electron chi connectivity index (χ3n) is 8.20. The van der Waals surface area contributed by atoms with Gasteiger partial charge in [-0.05, 0) is 73.1 Å². The Kier molecular flexibility index (Phi) is 13.8. The van der Waals surface area contributed by atoms with Crippen molar-refractivity contribution in [3.8, 4) is 21.9 Å². The number of halogens is 1. The van der Waals surface area contributed by atoms with Crippen LogP contribution >= 0.6 is 22.9 Å². The van der Waals surface area contributed by atoms with Gasteiger partial charge in [-0.1, -0.05) is 51.4 Å². The number of hydrogen-bond donors (Lipinski definition) is 4. The van der Waals surface area contributed by atoms with E-state index in [0.717, 1.165) is 10.4 Å². The van der Waals surface area contributed by atoms with Gasteiger partial charge in [0.1, 0.15) is 23.6 Å². The number of carbonyl (C=O) groups is 5. The number of methoxy groups -OCH3 is 1. The lowest BCUT2D eigenvalue weighted by Crippen LogP contribution is -2.57. The van der Waals surface area contributed by atoms with Gasteiger partial charge in [0.25, 0.3) is 5.91 Å². The van der Waals surface area contributed by atoms with E-state index in [1.54, 1.807) is 63.6 Å². The van der Waals surface area contributed by atoms with Crippen molar-refractivity contribution < 1.29 is 33.4 Å². The second-order valence-corrected chi connectivity index (χ2v) is 14.4. The molecule has 0 bridgehead atoms. The highest BCUT2D eigenvalue weighted by atomic mass is 35.5. The number of thiazole rings is 1. The maximum Gasteiger partial charge on any atom is 0.258 e. The number of hydrogen-bond acceptors (Lipinski definition) is 9. The minimum atomic E-state index is -1.07. The number of nitrogens with one attached hydrogen (secondary N) is 4. The molecule has 1 aliphatic rings. The van der Waals surface area contributed by atoms with E-state index in [0.29, 0.717) is 29.5 Å². The lowest BCUT2D eigenvalue weighted by atomic mass is 9.95. The average Bonchev–Trinajstić information content (AvgIpc) is 3.74. The number of ketones is 1. The number of aromatic nitrogens is 1. The first-order valence-electron chi connectivity index (χ1n) is 16.5. The van der Waals surface area contributed by atoms with E-state index in [9.17, 15) is 24.0 Å². The molecule has 0 spiro atoms. The molecule has 0 radical (unpaired) electrons. The summed E-state index contributed by atoms with van der Waals surface area (Å²) in [5.74, 6) is -1.95. The van der Waals surface area contributed by atoms with Crippen molar-refractivity contribution in [3.05, 3.63) is 64.8 Å². The molecule has 2 heterocycles. The van der Waals surface area contributed by atoms with Gasteiger partial charge in [0, 0.05) is 23.7 Å². The van der Waals surface area contributed by atoms with Crippen LogP contribution in [0.3, 0.4) is 0 Å². The fourth-order valence-electron chi connectivity index (χ4n) is 5.48. The molecule has 1 aliphatic heterocycles. The molecule has 0 unspecified atom stereocenters. The summed E-state index contributed by atoms with van der Waals surface area (Å²) in [7, 11) is 1.55. The van der Waals surface area contributed by atoms with Crippen LogP contribution in [0.15, 0.2) is 54.7 Å². The van der Waals surface area contributed by atoms with Gasteiger partial charge in [-0.25, -0.2) is 4.98 Å². The van der Waals surface area contributed by atoms with Crippen LogP contribution in [0.4, 0.5) is 0 Å². The molecule has 50 heavy (non-hydrogen) atoms. The van der Waals surface area contributed by atoms with Gasteiger partial charge in [-0.2, -0.15) is 0 Å². The first-order valence-corrected chi connectivity index (χ1v) is 17.7. The Bertz CT molecular complexity index is 1640. The summed E-state index contributed by atoms with van der Waals surface area (Å²) in [4.78, 5) is 71.8. The normalized spacial score (nSPS) is 15.9. The number of ether oxygens (including phenoxy) is 2. The SMILES string of the molecule is COc1ccc(OCC(=O)N[C@H](C(=O)N[C@@H](CC(C)C)C(=O)N[C@@H](C[C@@H]2CCNC2=O)C(=O)c2ncc(-c3ccc(Cl)cc3)s2)C(C)C)cc1. The van der Waals surface area contributed by atoms with E-state index in [4.69, 9.17) is 21.1 Å². The topological polar surface area (TPSA) is 165 Å². The minimum absolute atomic E-state index is 0.00769. The second kappa shape index (κ2) is 18.0. The lowest BCUT2D eigenvalue weighted by molar-refractivity contribution is -0.134. The van der Waals surface area contributed by atoms with Crippen molar-refractivity contribution in [2.24, 2.45) is 17.8 Å². The third kappa shape index (κ3) is 10.8. The molecule has 4 rings (SSSR count). The van der Waals surface area contributed by atoms with Gasteiger partial charge in [0.05, 0.1) is 18.0 Å². The molecule has 1 fully saturated rings. The number of Topliss-reactive ketones (excluding diaryl/α,β-unsaturated/α-hetero) is 1. The third-order valence-corrected chi connectivity index (χ3v) is 9.51. The highest BCUT2D eigenvalue weighted by molar-refractivity contribution is 7.17. The number of amides is 4. The van der Waals surface area contributed by atoms with Gasteiger partial charge in [0.15, 0.2) is 11.6 Å². The first-order chi connectivity index (χ1) is 23.8. The van der Waals surface area contributed by atoms with Gasteiger partial charge in [0.2, 0.25) is 23.5 Å². The molecule has 0 saturated carbocycles. The smallest absolute Gasteiger partial charge is 0.258 e. The van der Waals surface area contributed by atoms with Crippen LogP contribution in [0.2, 0.25) is 5.02 Å². The highest BCUT2D eigenvalue weighted by Gasteiger charge is 2.36. The predicted molar refractivity (Wildman–Crippen MR) is 191 cm³/mol. The fourth-order valence-corrected chi connectivity index (χ4v) is 6.52. The van der Waals surface area contributed by atoms with Gasteiger partial charge < -0.3 is 30.7 Å². The van der Waals surface area contributed by atoms with E-state index in [1.807, 2.05) is 26.0 Å². The summed E-state index contributed by atoms with van der Waals surface area (Å²) >= 11 is 7.21. The van der Waals surface area contributed by atoms with E-state index < -0.39 is 47.5 Å². The Morgan fingerprint density at radius 2 is 1.60 bits per heavy atom. The van der Waals surface area contributed by atoms with Crippen molar-refractivity contribution in [1.29, 1.82) is 0 Å². The van der Waals surface area contributed by atoms with Gasteiger partial charge in [-0.15, -0.1) is 11.3 Å². The molecule has 12 nitrogen and oxygen atoms in total. The predicted octanol–water partition coefficient (Wildman–Crippen LogP) is 4.42. The first kappa shape index (κ1) is 38.3. The highest BCUT2D eigenvalue weighted by Crippen LogP contribution is 2.29. The van der Waals surface area contributed by atoms with Crippen molar-refractivity contribution >= 4 is 52.3 Å². The lowest BCUT2D eigenvalue weighted by Gasteiger charge is -2.27.